The summed E-state index contributed by atoms with van der Waals surface area (Å²) < 4.78 is 0. The van der Waals surface area contributed by atoms with E-state index < -0.39 is 0 Å². The second-order valence-electron chi connectivity index (χ2n) is 5.27. The van der Waals surface area contributed by atoms with Crippen molar-refractivity contribution in [2.75, 3.05) is 26.2 Å². The fourth-order valence-electron chi connectivity index (χ4n) is 2.51. The van der Waals surface area contributed by atoms with Crippen LogP contribution in [0.2, 0.25) is 0 Å². The van der Waals surface area contributed by atoms with E-state index in [1.54, 1.807) is 0 Å². The summed E-state index contributed by atoms with van der Waals surface area (Å²) in [4.78, 5) is 2.46. The van der Waals surface area contributed by atoms with E-state index in [0.717, 1.165) is 19.6 Å². The summed E-state index contributed by atoms with van der Waals surface area (Å²) in [5.74, 6) is 0. The van der Waals surface area contributed by atoms with Crippen LogP contribution in [0.5, 0.6) is 0 Å². The predicted molar refractivity (Wildman–Crippen MR) is 76.5 cm³/mol. The van der Waals surface area contributed by atoms with Gasteiger partial charge in [0.15, 0.2) is 0 Å². The second kappa shape index (κ2) is 6.88. The zero-order valence-electron chi connectivity index (χ0n) is 11.4. The van der Waals surface area contributed by atoms with Gasteiger partial charge in [-0.3, -0.25) is 0 Å². The zero-order valence-corrected chi connectivity index (χ0v) is 11.4. The summed E-state index contributed by atoms with van der Waals surface area (Å²) in [5.41, 5.74) is 8.29. The van der Waals surface area contributed by atoms with Crippen LogP contribution in [-0.4, -0.2) is 37.1 Å². The van der Waals surface area contributed by atoms with Crippen molar-refractivity contribution in [2.24, 2.45) is 5.73 Å². The third-order valence-corrected chi connectivity index (χ3v) is 3.75. The van der Waals surface area contributed by atoms with Crippen molar-refractivity contribution >= 4 is 0 Å². The summed E-state index contributed by atoms with van der Waals surface area (Å²) in [6, 6.07) is 9.46. The summed E-state index contributed by atoms with van der Waals surface area (Å²) in [7, 11) is 0. The summed E-state index contributed by atoms with van der Waals surface area (Å²) in [5, 5.41) is 3.66. The van der Waals surface area contributed by atoms with Crippen LogP contribution in [0, 0.1) is 6.92 Å². The monoisotopic (exact) mass is 247 g/mol. The van der Waals surface area contributed by atoms with Gasteiger partial charge in [0.1, 0.15) is 0 Å². The molecule has 0 atom stereocenters. The molecule has 0 amide bonds. The highest BCUT2D eigenvalue weighted by Gasteiger charge is 2.17. The van der Waals surface area contributed by atoms with E-state index in [0.29, 0.717) is 6.04 Å². The number of likely N-dealkylation sites (tertiary alicyclic amines) is 1. The van der Waals surface area contributed by atoms with Crippen molar-refractivity contribution in [3.8, 4) is 0 Å². The minimum atomic E-state index is 0.667. The first-order valence-corrected chi connectivity index (χ1v) is 6.99. The largest absolute Gasteiger partial charge is 0.329 e. The Balaban J connectivity index is 1.70. The van der Waals surface area contributed by atoms with E-state index >= 15 is 0 Å². The maximum atomic E-state index is 5.58. The Labute approximate surface area is 110 Å². The van der Waals surface area contributed by atoms with Crippen molar-refractivity contribution in [1.82, 2.24) is 10.2 Å². The van der Waals surface area contributed by atoms with E-state index in [2.05, 4.69) is 41.4 Å². The van der Waals surface area contributed by atoms with E-state index in [1.165, 1.54) is 37.1 Å². The first-order chi connectivity index (χ1) is 8.78. The molecule has 0 radical (unpaired) electrons. The van der Waals surface area contributed by atoms with Crippen LogP contribution in [0.15, 0.2) is 24.3 Å². The fourth-order valence-corrected chi connectivity index (χ4v) is 2.51. The first-order valence-electron chi connectivity index (χ1n) is 6.99. The number of hydrogen-bond donors (Lipinski definition) is 2. The van der Waals surface area contributed by atoms with E-state index in [1.807, 2.05) is 0 Å². The van der Waals surface area contributed by atoms with Crippen LogP contribution in [-0.2, 0) is 6.54 Å². The number of hydrogen-bond acceptors (Lipinski definition) is 3. The number of nitrogens with two attached hydrogens (primary N) is 1. The standard InChI is InChI=1S/C15H25N3/c1-13-2-4-14(5-3-13)12-17-15-6-9-18(10-7-15)11-8-16/h2-5,15,17H,6-12,16H2,1H3. The zero-order chi connectivity index (χ0) is 12.8. The molecule has 0 aromatic heterocycles. The van der Waals surface area contributed by atoms with Crippen molar-refractivity contribution < 1.29 is 0 Å². The van der Waals surface area contributed by atoms with Crippen LogP contribution in [0.25, 0.3) is 0 Å². The molecule has 0 bridgehead atoms. The molecule has 18 heavy (non-hydrogen) atoms. The molecule has 1 fully saturated rings. The van der Waals surface area contributed by atoms with Gasteiger partial charge < -0.3 is 16.0 Å². The Morgan fingerprint density at radius 1 is 1.22 bits per heavy atom. The highest BCUT2D eigenvalue weighted by Crippen LogP contribution is 2.11. The first kappa shape index (κ1) is 13.5. The Hall–Kier alpha value is -0.900. The van der Waals surface area contributed by atoms with Gasteiger partial charge in [-0.15, -0.1) is 0 Å². The van der Waals surface area contributed by atoms with Gasteiger partial charge in [0.2, 0.25) is 0 Å². The Kier molecular flexibility index (Phi) is 5.17. The molecule has 1 saturated heterocycles. The molecule has 3 N–H and O–H groups in total. The summed E-state index contributed by atoms with van der Waals surface area (Å²) in [6.45, 7) is 7.31. The number of benzene rings is 1. The Morgan fingerprint density at radius 2 is 1.89 bits per heavy atom. The van der Waals surface area contributed by atoms with Crippen LogP contribution < -0.4 is 11.1 Å². The highest BCUT2D eigenvalue weighted by atomic mass is 15.1. The molecule has 0 unspecified atom stereocenters. The molecule has 1 aliphatic heterocycles. The maximum absolute atomic E-state index is 5.58. The van der Waals surface area contributed by atoms with Gasteiger partial charge >= 0.3 is 0 Å². The predicted octanol–water partition coefficient (Wildman–Crippen LogP) is 1.51. The molecular formula is C15H25N3. The summed E-state index contributed by atoms with van der Waals surface area (Å²) >= 11 is 0. The lowest BCUT2D eigenvalue weighted by molar-refractivity contribution is 0.202. The van der Waals surface area contributed by atoms with Crippen molar-refractivity contribution in [2.45, 2.75) is 32.4 Å². The average Bonchev–Trinajstić information content (AvgIpc) is 2.40. The van der Waals surface area contributed by atoms with Crippen LogP contribution in [0.4, 0.5) is 0 Å². The topological polar surface area (TPSA) is 41.3 Å². The second-order valence-corrected chi connectivity index (χ2v) is 5.27. The van der Waals surface area contributed by atoms with Crippen molar-refractivity contribution in [3.63, 3.8) is 0 Å². The Morgan fingerprint density at radius 3 is 2.50 bits per heavy atom. The number of nitrogens with zero attached hydrogens (tertiary/aromatic N) is 1. The normalized spacial score (nSPS) is 18.1. The highest BCUT2D eigenvalue weighted by molar-refractivity contribution is 5.21. The third kappa shape index (κ3) is 4.09. The molecule has 3 heteroatoms. The van der Waals surface area contributed by atoms with Gasteiger partial charge in [0.05, 0.1) is 0 Å². The molecule has 0 aliphatic carbocycles. The summed E-state index contributed by atoms with van der Waals surface area (Å²) in [6.07, 6.45) is 2.48. The van der Waals surface area contributed by atoms with Gasteiger partial charge in [-0.05, 0) is 38.4 Å². The van der Waals surface area contributed by atoms with Crippen LogP contribution in [0.1, 0.15) is 24.0 Å². The van der Waals surface area contributed by atoms with E-state index in [-0.39, 0.29) is 0 Å². The molecule has 1 aromatic carbocycles. The van der Waals surface area contributed by atoms with Gasteiger partial charge in [-0.2, -0.15) is 0 Å². The molecule has 0 saturated carbocycles. The van der Waals surface area contributed by atoms with Gasteiger partial charge in [-0.1, -0.05) is 29.8 Å². The van der Waals surface area contributed by atoms with Gasteiger partial charge in [-0.25, -0.2) is 0 Å². The molecule has 1 aliphatic rings. The van der Waals surface area contributed by atoms with Crippen molar-refractivity contribution in [3.05, 3.63) is 35.4 Å². The fraction of sp³-hybridized carbons (Fsp3) is 0.600. The molecule has 0 spiro atoms. The van der Waals surface area contributed by atoms with Crippen LogP contribution >= 0.6 is 0 Å². The lowest BCUT2D eigenvalue weighted by atomic mass is 10.0. The maximum Gasteiger partial charge on any atom is 0.0208 e. The minimum absolute atomic E-state index is 0.667. The van der Waals surface area contributed by atoms with E-state index in [4.69, 9.17) is 5.73 Å². The number of aryl methyl sites for hydroxylation is 1. The van der Waals surface area contributed by atoms with E-state index in [9.17, 15) is 0 Å². The molecular weight excluding hydrogens is 222 g/mol. The molecule has 100 valence electrons. The lowest BCUT2D eigenvalue weighted by Gasteiger charge is -2.32. The van der Waals surface area contributed by atoms with Gasteiger partial charge in [0, 0.05) is 25.7 Å². The number of rotatable bonds is 5. The van der Waals surface area contributed by atoms with Crippen LogP contribution in [0.3, 0.4) is 0 Å². The molecule has 2 rings (SSSR count). The molecule has 1 aromatic rings. The lowest BCUT2D eigenvalue weighted by Crippen LogP contribution is -2.43. The average molecular weight is 247 g/mol. The molecule has 3 nitrogen and oxygen atoms in total. The van der Waals surface area contributed by atoms with Gasteiger partial charge in [0.25, 0.3) is 0 Å². The minimum Gasteiger partial charge on any atom is -0.329 e. The Bertz CT molecular complexity index is 339. The number of nitrogens with one attached hydrogen (secondary N) is 1. The van der Waals surface area contributed by atoms with Crippen molar-refractivity contribution in [1.29, 1.82) is 0 Å². The SMILES string of the molecule is Cc1ccc(CNC2CCN(CCN)CC2)cc1. The smallest absolute Gasteiger partial charge is 0.0208 e. The third-order valence-electron chi connectivity index (χ3n) is 3.75. The number of piperidine rings is 1. The quantitative estimate of drug-likeness (QED) is 0.828. The molecule has 1 heterocycles.